The summed E-state index contributed by atoms with van der Waals surface area (Å²) in [6.45, 7) is 0.736. The molecule has 4 rings (SSSR count). The summed E-state index contributed by atoms with van der Waals surface area (Å²) in [5, 5.41) is 10.3. The molecule has 1 atom stereocenters. The zero-order valence-electron chi connectivity index (χ0n) is 12.8. The lowest BCUT2D eigenvalue weighted by Crippen LogP contribution is -2.31. The largest absolute Gasteiger partial charge is 0.360 e. The van der Waals surface area contributed by atoms with Gasteiger partial charge >= 0.3 is 0 Å². The molecule has 1 amide bonds. The molecule has 2 aromatic heterocycles. The molecule has 0 radical (unpaired) electrons. The van der Waals surface area contributed by atoms with Crippen molar-refractivity contribution in [2.45, 2.75) is 38.1 Å². The van der Waals surface area contributed by atoms with Crippen molar-refractivity contribution >= 4 is 11.9 Å². The minimum absolute atomic E-state index is 0.126. The molecule has 0 saturated heterocycles. The Balaban J connectivity index is 1.45. The quantitative estimate of drug-likeness (QED) is 0.870. The van der Waals surface area contributed by atoms with Gasteiger partial charge in [-0.2, -0.15) is 0 Å². The predicted molar refractivity (Wildman–Crippen MR) is 83.0 cm³/mol. The monoisotopic (exact) mass is 313 g/mol. The Morgan fingerprint density at radius 1 is 1.26 bits per heavy atom. The van der Waals surface area contributed by atoms with E-state index in [1.807, 2.05) is 0 Å². The van der Waals surface area contributed by atoms with Crippen molar-refractivity contribution < 1.29 is 9.32 Å². The molecule has 1 saturated carbocycles. The van der Waals surface area contributed by atoms with Gasteiger partial charge < -0.3 is 15.2 Å². The molecular weight excluding hydrogens is 294 g/mol. The second-order valence-electron chi connectivity index (χ2n) is 6.24. The van der Waals surface area contributed by atoms with Crippen LogP contribution in [-0.2, 0) is 12.8 Å². The molecule has 2 N–H and O–H groups in total. The lowest BCUT2D eigenvalue weighted by atomic mass is 9.92. The van der Waals surface area contributed by atoms with E-state index in [4.69, 9.17) is 4.52 Å². The Morgan fingerprint density at radius 2 is 2.09 bits per heavy atom. The standard InChI is InChI=1S/C16H19N5O2/c22-15(19-9-10-2-3-10)14-12-8-11(4-5-13(12)23-21-14)20-16-17-6-1-7-18-16/h1,6-7,10-11H,2-5,8-9H2,(H,19,22)(H,17,18,20). The van der Waals surface area contributed by atoms with Gasteiger partial charge in [-0.15, -0.1) is 0 Å². The predicted octanol–water partition coefficient (Wildman–Crippen LogP) is 1.57. The normalized spacial score (nSPS) is 19.9. The third-order valence-electron chi connectivity index (χ3n) is 4.40. The van der Waals surface area contributed by atoms with Crippen LogP contribution in [0.1, 0.15) is 41.1 Å². The number of rotatable bonds is 5. The number of carbonyl (C=O) groups excluding carboxylic acids is 1. The highest BCUT2D eigenvalue weighted by atomic mass is 16.5. The molecule has 2 aliphatic carbocycles. The van der Waals surface area contributed by atoms with Crippen LogP contribution in [0, 0.1) is 5.92 Å². The fraction of sp³-hybridized carbons (Fsp3) is 0.500. The second kappa shape index (κ2) is 5.98. The maximum absolute atomic E-state index is 12.3. The number of fused-ring (bicyclic) bond motifs is 1. The lowest BCUT2D eigenvalue weighted by molar-refractivity contribution is 0.0942. The summed E-state index contributed by atoms with van der Waals surface area (Å²) in [5.41, 5.74) is 1.35. The van der Waals surface area contributed by atoms with Crippen LogP contribution in [0.25, 0.3) is 0 Å². The Kier molecular flexibility index (Phi) is 3.69. The second-order valence-corrected chi connectivity index (χ2v) is 6.24. The van der Waals surface area contributed by atoms with Crippen molar-refractivity contribution in [3.05, 3.63) is 35.5 Å². The van der Waals surface area contributed by atoms with Gasteiger partial charge in [0.1, 0.15) is 5.76 Å². The summed E-state index contributed by atoms with van der Waals surface area (Å²) < 4.78 is 5.36. The fourth-order valence-electron chi connectivity index (χ4n) is 2.90. The summed E-state index contributed by atoms with van der Waals surface area (Å²) in [6, 6.07) is 1.96. The summed E-state index contributed by atoms with van der Waals surface area (Å²) >= 11 is 0. The van der Waals surface area contributed by atoms with E-state index in [2.05, 4.69) is 25.8 Å². The fourth-order valence-corrected chi connectivity index (χ4v) is 2.90. The van der Waals surface area contributed by atoms with Gasteiger partial charge in [-0.05, 0) is 37.7 Å². The number of nitrogens with zero attached hydrogens (tertiary/aromatic N) is 3. The highest BCUT2D eigenvalue weighted by Gasteiger charge is 2.30. The Morgan fingerprint density at radius 3 is 2.87 bits per heavy atom. The van der Waals surface area contributed by atoms with E-state index in [0.29, 0.717) is 24.0 Å². The summed E-state index contributed by atoms with van der Waals surface area (Å²) in [4.78, 5) is 20.7. The van der Waals surface area contributed by atoms with Crippen LogP contribution in [-0.4, -0.2) is 33.6 Å². The number of aromatic nitrogens is 3. The first-order valence-electron chi connectivity index (χ1n) is 8.09. The van der Waals surface area contributed by atoms with Gasteiger partial charge in [0.2, 0.25) is 5.95 Å². The molecule has 0 spiro atoms. The lowest BCUT2D eigenvalue weighted by Gasteiger charge is -2.22. The zero-order valence-corrected chi connectivity index (χ0v) is 12.8. The van der Waals surface area contributed by atoms with Gasteiger partial charge in [0.05, 0.1) is 0 Å². The molecule has 23 heavy (non-hydrogen) atoms. The first kappa shape index (κ1) is 14.2. The first-order chi connectivity index (χ1) is 11.3. The van der Waals surface area contributed by atoms with Crippen LogP contribution in [0.2, 0.25) is 0 Å². The number of amides is 1. The highest BCUT2D eigenvalue weighted by molar-refractivity contribution is 5.93. The van der Waals surface area contributed by atoms with Crippen LogP contribution < -0.4 is 10.6 Å². The van der Waals surface area contributed by atoms with E-state index in [0.717, 1.165) is 30.7 Å². The van der Waals surface area contributed by atoms with Gasteiger partial charge in [0, 0.05) is 37.0 Å². The average molecular weight is 313 g/mol. The van der Waals surface area contributed by atoms with Crippen molar-refractivity contribution in [2.75, 3.05) is 11.9 Å². The maximum atomic E-state index is 12.3. The smallest absolute Gasteiger partial charge is 0.273 e. The third kappa shape index (κ3) is 3.18. The molecule has 120 valence electrons. The van der Waals surface area contributed by atoms with Crippen LogP contribution in [0.5, 0.6) is 0 Å². The number of anilines is 1. The van der Waals surface area contributed by atoms with Crippen molar-refractivity contribution in [3.8, 4) is 0 Å². The molecule has 0 aromatic carbocycles. The maximum Gasteiger partial charge on any atom is 0.273 e. The van der Waals surface area contributed by atoms with Gasteiger partial charge in [-0.3, -0.25) is 4.79 Å². The van der Waals surface area contributed by atoms with Gasteiger partial charge in [-0.1, -0.05) is 5.16 Å². The van der Waals surface area contributed by atoms with E-state index in [-0.39, 0.29) is 11.9 Å². The molecule has 2 heterocycles. The topological polar surface area (TPSA) is 92.9 Å². The van der Waals surface area contributed by atoms with E-state index < -0.39 is 0 Å². The molecular formula is C16H19N5O2. The number of hydrogen-bond donors (Lipinski definition) is 2. The zero-order chi connectivity index (χ0) is 15.6. The molecule has 2 aromatic rings. The van der Waals surface area contributed by atoms with E-state index in [1.165, 1.54) is 12.8 Å². The van der Waals surface area contributed by atoms with E-state index >= 15 is 0 Å². The number of hydrogen-bond acceptors (Lipinski definition) is 6. The molecule has 0 aliphatic heterocycles. The van der Waals surface area contributed by atoms with Gasteiger partial charge in [-0.25, -0.2) is 9.97 Å². The summed E-state index contributed by atoms with van der Waals surface area (Å²) in [7, 11) is 0. The Labute approximate surface area is 133 Å². The Hall–Kier alpha value is -2.44. The molecule has 1 unspecified atom stereocenters. The molecule has 1 fully saturated rings. The summed E-state index contributed by atoms with van der Waals surface area (Å²) in [6.07, 6.45) is 8.20. The van der Waals surface area contributed by atoms with Crippen molar-refractivity contribution in [1.29, 1.82) is 0 Å². The third-order valence-corrected chi connectivity index (χ3v) is 4.40. The number of carbonyl (C=O) groups is 1. The SMILES string of the molecule is O=C(NCC1CC1)c1noc2c1CC(Nc1ncccn1)CC2. The van der Waals surface area contributed by atoms with Crippen LogP contribution >= 0.6 is 0 Å². The molecule has 0 bridgehead atoms. The minimum Gasteiger partial charge on any atom is -0.360 e. The van der Waals surface area contributed by atoms with Crippen molar-refractivity contribution in [3.63, 3.8) is 0 Å². The molecule has 2 aliphatic rings. The molecule has 7 nitrogen and oxygen atoms in total. The van der Waals surface area contributed by atoms with E-state index in [1.54, 1.807) is 18.5 Å². The highest BCUT2D eigenvalue weighted by Crippen LogP contribution is 2.28. The van der Waals surface area contributed by atoms with Gasteiger partial charge in [0.15, 0.2) is 5.69 Å². The number of aryl methyl sites for hydroxylation is 1. The summed E-state index contributed by atoms with van der Waals surface area (Å²) in [5.74, 6) is 1.95. The Bertz CT molecular complexity index is 696. The van der Waals surface area contributed by atoms with Crippen molar-refractivity contribution in [1.82, 2.24) is 20.4 Å². The molecule has 7 heteroatoms. The van der Waals surface area contributed by atoms with Crippen molar-refractivity contribution in [2.24, 2.45) is 5.92 Å². The van der Waals surface area contributed by atoms with Crippen LogP contribution in [0.3, 0.4) is 0 Å². The minimum atomic E-state index is -0.126. The van der Waals surface area contributed by atoms with E-state index in [9.17, 15) is 4.79 Å². The first-order valence-corrected chi connectivity index (χ1v) is 8.09. The van der Waals surface area contributed by atoms with Gasteiger partial charge in [0.25, 0.3) is 5.91 Å². The van der Waals surface area contributed by atoms with Crippen LogP contribution in [0.15, 0.2) is 23.0 Å². The number of nitrogens with one attached hydrogen (secondary N) is 2. The van der Waals surface area contributed by atoms with Crippen LogP contribution in [0.4, 0.5) is 5.95 Å². The average Bonchev–Trinajstić information content (AvgIpc) is 3.31.